The van der Waals surface area contributed by atoms with Crippen molar-refractivity contribution in [1.82, 2.24) is 19.5 Å². The minimum Gasteiger partial charge on any atom is -0.441 e. The first kappa shape index (κ1) is 18.1. The smallest absolute Gasteiger partial charge is 0.232 e. The molecule has 0 aromatic carbocycles. The van der Waals surface area contributed by atoms with Gasteiger partial charge in [-0.3, -0.25) is 4.79 Å². The van der Waals surface area contributed by atoms with Gasteiger partial charge < -0.3 is 14.3 Å². The molecular formula is C18H21N5O2S. The summed E-state index contributed by atoms with van der Waals surface area (Å²) in [5.74, 6) is 1.24. The van der Waals surface area contributed by atoms with Crippen LogP contribution in [-0.4, -0.2) is 25.4 Å². The van der Waals surface area contributed by atoms with Crippen LogP contribution in [0.2, 0.25) is 0 Å². The van der Waals surface area contributed by atoms with E-state index in [1.54, 1.807) is 24.8 Å². The molecule has 0 saturated carbocycles. The van der Waals surface area contributed by atoms with Gasteiger partial charge in [-0.05, 0) is 6.08 Å². The minimum absolute atomic E-state index is 0.0748. The molecule has 0 bridgehead atoms. The second kappa shape index (κ2) is 7.25. The van der Waals surface area contributed by atoms with Crippen LogP contribution >= 0.6 is 11.3 Å². The van der Waals surface area contributed by atoms with E-state index in [9.17, 15) is 4.79 Å². The molecule has 0 aliphatic rings. The third-order valence-corrected chi connectivity index (χ3v) is 4.40. The fraction of sp³-hybridized carbons (Fsp3) is 0.333. The lowest BCUT2D eigenvalue weighted by atomic mass is 9.94. The summed E-state index contributed by atoms with van der Waals surface area (Å²) in [6.45, 7) is 6.22. The van der Waals surface area contributed by atoms with Crippen LogP contribution in [-0.2, 0) is 23.7 Å². The predicted octanol–water partition coefficient (Wildman–Crippen LogP) is 3.51. The quantitative estimate of drug-likeness (QED) is 0.742. The normalized spacial score (nSPS) is 12.0. The number of aromatic nitrogens is 4. The van der Waals surface area contributed by atoms with Crippen LogP contribution in [0, 0.1) is 0 Å². The van der Waals surface area contributed by atoms with Crippen molar-refractivity contribution in [2.24, 2.45) is 7.05 Å². The number of oxazole rings is 1. The Hall–Kier alpha value is -2.74. The Labute approximate surface area is 155 Å². The van der Waals surface area contributed by atoms with Crippen molar-refractivity contribution in [2.45, 2.75) is 32.6 Å². The van der Waals surface area contributed by atoms with Crippen LogP contribution in [0.5, 0.6) is 0 Å². The third kappa shape index (κ3) is 4.66. The average molecular weight is 371 g/mol. The van der Waals surface area contributed by atoms with Crippen LogP contribution in [0.3, 0.4) is 0 Å². The molecule has 0 atom stereocenters. The Bertz CT molecular complexity index is 929. The molecule has 0 spiro atoms. The maximum absolute atomic E-state index is 12.0. The monoisotopic (exact) mass is 371 g/mol. The molecule has 3 heterocycles. The molecule has 8 heteroatoms. The summed E-state index contributed by atoms with van der Waals surface area (Å²) in [5.41, 5.74) is 0.648. The summed E-state index contributed by atoms with van der Waals surface area (Å²) < 4.78 is 7.53. The zero-order chi connectivity index (χ0) is 18.7. The lowest BCUT2D eigenvalue weighted by molar-refractivity contribution is -0.115. The number of carbonyl (C=O) groups is 1. The molecule has 3 aromatic rings. The van der Waals surface area contributed by atoms with Crippen molar-refractivity contribution in [3.8, 4) is 0 Å². The molecular weight excluding hydrogens is 350 g/mol. The number of nitrogens with zero attached hydrogens (tertiary/aromatic N) is 4. The number of hydrogen-bond acceptors (Lipinski definition) is 6. The number of anilines is 1. The van der Waals surface area contributed by atoms with E-state index in [1.807, 2.05) is 23.9 Å². The van der Waals surface area contributed by atoms with E-state index in [0.29, 0.717) is 11.0 Å². The van der Waals surface area contributed by atoms with E-state index in [1.165, 1.54) is 11.3 Å². The standard InChI is InChI=1S/C18H21N5O2S/c1-18(2,3)14-9-19-16(25-14)6-5-13-8-20-17(26-13)22-15(24)7-12-10-23(4)11-21-12/h5-6,8-11H,7H2,1-4H3,(H,20,22,24). The topological polar surface area (TPSA) is 85.8 Å². The summed E-state index contributed by atoms with van der Waals surface area (Å²) in [6, 6.07) is 0. The van der Waals surface area contributed by atoms with E-state index in [2.05, 4.69) is 41.0 Å². The first-order chi connectivity index (χ1) is 12.3. The molecule has 0 fully saturated rings. The molecule has 26 heavy (non-hydrogen) atoms. The van der Waals surface area contributed by atoms with Crippen LogP contribution in [0.4, 0.5) is 5.13 Å². The Balaban J connectivity index is 1.59. The molecule has 0 unspecified atom stereocenters. The van der Waals surface area contributed by atoms with Crippen molar-refractivity contribution >= 4 is 34.5 Å². The van der Waals surface area contributed by atoms with Gasteiger partial charge in [-0.1, -0.05) is 32.1 Å². The molecule has 3 aromatic heterocycles. The molecule has 0 aliphatic carbocycles. The zero-order valence-electron chi connectivity index (χ0n) is 15.2. The van der Waals surface area contributed by atoms with Gasteiger partial charge in [0.2, 0.25) is 11.8 Å². The number of aryl methyl sites for hydroxylation is 1. The van der Waals surface area contributed by atoms with E-state index in [4.69, 9.17) is 4.42 Å². The number of rotatable bonds is 5. The lowest BCUT2D eigenvalue weighted by Gasteiger charge is -2.12. The van der Waals surface area contributed by atoms with Gasteiger partial charge in [-0.15, -0.1) is 0 Å². The number of amides is 1. The highest BCUT2D eigenvalue weighted by Gasteiger charge is 2.18. The van der Waals surface area contributed by atoms with Crippen LogP contribution in [0.1, 0.15) is 43.0 Å². The van der Waals surface area contributed by atoms with Gasteiger partial charge in [0.15, 0.2) is 5.13 Å². The summed E-state index contributed by atoms with van der Waals surface area (Å²) in [4.78, 5) is 25.6. The van der Waals surface area contributed by atoms with Gasteiger partial charge in [0.1, 0.15) is 5.76 Å². The molecule has 1 N–H and O–H groups in total. The van der Waals surface area contributed by atoms with Crippen molar-refractivity contribution in [3.63, 3.8) is 0 Å². The average Bonchev–Trinajstić information content (AvgIpc) is 3.26. The molecule has 0 aliphatic heterocycles. The first-order valence-corrected chi connectivity index (χ1v) is 8.98. The Morgan fingerprint density at radius 1 is 1.27 bits per heavy atom. The Morgan fingerprint density at radius 3 is 2.73 bits per heavy atom. The highest BCUT2D eigenvalue weighted by atomic mass is 32.1. The SMILES string of the molecule is Cn1cnc(CC(=O)Nc2ncc(C=Cc3ncc(C(C)(C)C)o3)s2)c1. The van der Waals surface area contributed by atoms with Gasteiger partial charge in [-0.2, -0.15) is 0 Å². The molecule has 1 amide bonds. The largest absolute Gasteiger partial charge is 0.441 e. The molecule has 0 radical (unpaired) electrons. The summed E-state index contributed by atoms with van der Waals surface area (Å²) >= 11 is 1.38. The number of thiazole rings is 1. The fourth-order valence-electron chi connectivity index (χ4n) is 2.17. The van der Waals surface area contributed by atoms with E-state index in [0.717, 1.165) is 16.3 Å². The van der Waals surface area contributed by atoms with Crippen molar-refractivity contribution in [1.29, 1.82) is 0 Å². The van der Waals surface area contributed by atoms with E-state index < -0.39 is 0 Å². The van der Waals surface area contributed by atoms with Gasteiger partial charge in [-0.25, -0.2) is 15.0 Å². The predicted molar refractivity (Wildman–Crippen MR) is 102 cm³/mol. The third-order valence-electron chi connectivity index (χ3n) is 3.52. The summed E-state index contributed by atoms with van der Waals surface area (Å²) in [7, 11) is 1.87. The second-order valence-corrected chi connectivity index (χ2v) is 8.03. The maximum Gasteiger partial charge on any atom is 0.232 e. The molecule has 136 valence electrons. The Kier molecular flexibility index (Phi) is 5.03. The maximum atomic E-state index is 12.0. The van der Waals surface area contributed by atoms with Gasteiger partial charge >= 0.3 is 0 Å². The number of nitrogens with one attached hydrogen (secondary N) is 1. The zero-order valence-corrected chi connectivity index (χ0v) is 16.0. The van der Waals surface area contributed by atoms with Gasteiger partial charge in [0, 0.05) is 35.8 Å². The van der Waals surface area contributed by atoms with Gasteiger partial charge in [0.05, 0.1) is 24.6 Å². The van der Waals surface area contributed by atoms with Crippen LogP contribution in [0.25, 0.3) is 12.2 Å². The fourth-order valence-corrected chi connectivity index (χ4v) is 2.91. The van der Waals surface area contributed by atoms with E-state index in [-0.39, 0.29) is 17.7 Å². The molecule has 0 saturated heterocycles. The van der Waals surface area contributed by atoms with Crippen molar-refractivity contribution < 1.29 is 9.21 Å². The lowest BCUT2D eigenvalue weighted by Crippen LogP contribution is -2.14. The first-order valence-electron chi connectivity index (χ1n) is 8.16. The van der Waals surface area contributed by atoms with Crippen molar-refractivity contribution in [3.05, 3.63) is 47.1 Å². The van der Waals surface area contributed by atoms with Crippen LogP contribution in [0.15, 0.2) is 29.3 Å². The molecule has 3 rings (SSSR count). The summed E-state index contributed by atoms with van der Waals surface area (Å²) in [6.07, 6.45) is 10.8. The van der Waals surface area contributed by atoms with Gasteiger partial charge in [0.25, 0.3) is 0 Å². The minimum atomic E-state index is -0.143. The second-order valence-electron chi connectivity index (χ2n) is 6.97. The summed E-state index contributed by atoms with van der Waals surface area (Å²) in [5, 5.41) is 3.34. The number of carbonyl (C=O) groups excluding carboxylic acids is 1. The number of imidazole rings is 1. The van der Waals surface area contributed by atoms with Crippen LogP contribution < -0.4 is 5.32 Å². The highest BCUT2D eigenvalue weighted by molar-refractivity contribution is 7.16. The highest BCUT2D eigenvalue weighted by Crippen LogP contribution is 2.24. The molecule has 7 nitrogen and oxygen atoms in total. The Morgan fingerprint density at radius 2 is 2.08 bits per heavy atom. The van der Waals surface area contributed by atoms with E-state index >= 15 is 0 Å². The number of hydrogen-bond donors (Lipinski definition) is 1. The van der Waals surface area contributed by atoms with Crippen molar-refractivity contribution in [2.75, 3.05) is 5.32 Å².